The Morgan fingerprint density at radius 2 is 2.09 bits per heavy atom. The van der Waals surface area contributed by atoms with E-state index in [1.54, 1.807) is 13.0 Å². The lowest BCUT2D eigenvalue weighted by Gasteiger charge is -2.01. The molecule has 1 aromatic carbocycles. The van der Waals surface area contributed by atoms with Gasteiger partial charge in [0, 0.05) is 10.9 Å². The zero-order chi connectivity index (χ0) is 8.43. The summed E-state index contributed by atoms with van der Waals surface area (Å²) in [5.41, 5.74) is 1.18. The average Bonchev–Trinajstić information content (AvgIpc) is 1.97. The van der Waals surface area contributed by atoms with Gasteiger partial charge >= 0.3 is 0 Å². The Balaban J connectivity index is 3.21. The molecule has 0 saturated carbocycles. The topological polar surface area (TPSA) is 0 Å². The van der Waals surface area contributed by atoms with Gasteiger partial charge in [-0.1, -0.05) is 11.6 Å². The SMILES string of the molecule is Cc1cc(Cl)c(CCl)cc1F. The first-order chi connectivity index (χ1) is 5.15. The molecule has 3 heteroatoms. The molecule has 0 radical (unpaired) electrons. The maximum Gasteiger partial charge on any atom is 0.126 e. The minimum Gasteiger partial charge on any atom is -0.207 e. The van der Waals surface area contributed by atoms with Crippen LogP contribution in [0.1, 0.15) is 11.1 Å². The van der Waals surface area contributed by atoms with Crippen molar-refractivity contribution < 1.29 is 4.39 Å². The molecule has 0 fully saturated rings. The van der Waals surface area contributed by atoms with Crippen LogP contribution in [0.5, 0.6) is 0 Å². The predicted octanol–water partition coefficient (Wildman–Crippen LogP) is 3.53. The summed E-state index contributed by atoms with van der Waals surface area (Å²) in [6.07, 6.45) is 0. The van der Waals surface area contributed by atoms with Crippen molar-refractivity contribution >= 4 is 23.2 Å². The summed E-state index contributed by atoms with van der Waals surface area (Å²) in [6.45, 7) is 1.67. The summed E-state index contributed by atoms with van der Waals surface area (Å²) >= 11 is 11.3. The number of benzene rings is 1. The fourth-order valence-corrected chi connectivity index (χ4v) is 1.36. The molecule has 0 aliphatic carbocycles. The zero-order valence-electron chi connectivity index (χ0n) is 6.00. The van der Waals surface area contributed by atoms with E-state index in [1.807, 2.05) is 0 Å². The fraction of sp³-hybridized carbons (Fsp3) is 0.250. The lowest BCUT2D eigenvalue weighted by Crippen LogP contribution is -1.87. The lowest BCUT2D eigenvalue weighted by molar-refractivity contribution is 0.617. The Morgan fingerprint density at radius 3 is 2.64 bits per heavy atom. The van der Waals surface area contributed by atoms with Crippen molar-refractivity contribution in [1.82, 2.24) is 0 Å². The summed E-state index contributed by atoms with van der Waals surface area (Å²) in [5.74, 6) is -0.0131. The van der Waals surface area contributed by atoms with Gasteiger partial charge < -0.3 is 0 Å². The Hall–Kier alpha value is -0.270. The minimum absolute atomic E-state index is 0.246. The van der Waals surface area contributed by atoms with Crippen molar-refractivity contribution in [1.29, 1.82) is 0 Å². The van der Waals surface area contributed by atoms with Crippen LogP contribution in [-0.2, 0) is 5.88 Å². The van der Waals surface area contributed by atoms with Gasteiger partial charge in [-0.3, -0.25) is 0 Å². The third-order valence-electron chi connectivity index (χ3n) is 1.47. The molecule has 0 aromatic heterocycles. The van der Waals surface area contributed by atoms with Gasteiger partial charge in [-0.15, -0.1) is 11.6 Å². The van der Waals surface area contributed by atoms with Gasteiger partial charge in [-0.05, 0) is 30.2 Å². The highest BCUT2D eigenvalue weighted by Gasteiger charge is 2.03. The third-order valence-corrected chi connectivity index (χ3v) is 2.11. The first-order valence-electron chi connectivity index (χ1n) is 3.15. The standard InChI is InChI=1S/C8H7Cl2F/c1-5-2-7(10)6(4-9)3-8(5)11/h2-3H,4H2,1H3. The molecule has 0 bridgehead atoms. The van der Waals surface area contributed by atoms with Crippen LogP contribution in [0.15, 0.2) is 12.1 Å². The first kappa shape index (κ1) is 8.82. The third kappa shape index (κ3) is 1.85. The summed E-state index contributed by atoms with van der Waals surface area (Å²) < 4.78 is 12.8. The van der Waals surface area contributed by atoms with E-state index >= 15 is 0 Å². The van der Waals surface area contributed by atoms with E-state index in [0.29, 0.717) is 16.1 Å². The molecule has 0 heterocycles. The Bertz CT molecular complexity index is 271. The number of rotatable bonds is 1. The van der Waals surface area contributed by atoms with Crippen LogP contribution >= 0.6 is 23.2 Å². The van der Waals surface area contributed by atoms with Crippen LogP contribution in [0.2, 0.25) is 5.02 Å². The van der Waals surface area contributed by atoms with Crippen molar-refractivity contribution in [2.45, 2.75) is 12.8 Å². The molecule has 0 atom stereocenters. The van der Waals surface area contributed by atoms with Gasteiger partial charge in [0.15, 0.2) is 0 Å². The normalized spacial score (nSPS) is 10.2. The molecule has 0 N–H and O–H groups in total. The molecule has 11 heavy (non-hydrogen) atoms. The van der Waals surface area contributed by atoms with Crippen LogP contribution in [0.4, 0.5) is 4.39 Å². The van der Waals surface area contributed by atoms with Crippen molar-refractivity contribution in [2.75, 3.05) is 0 Å². The van der Waals surface area contributed by atoms with Gasteiger partial charge in [-0.25, -0.2) is 4.39 Å². The molecule has 0 saturated heterocycles. The van der Waals surface area contributed by atoms with Crippen molar-refractivity contribution in [2.24, 2.45) is 0 Å². The molecule has 0 unspecified atom stereocenters. The molecular formula is C8H7Cl2F. The van der Waals surface area contributed by atoms with Crippen molar-refractivity contribution in [3.63, 3.8) is 0 Å². The second-order valence-corrected chi connectivity index (χ2v) is 3.00. The van der Waals surface area contributed by atoms with Gasteiger partial charge in [0.2, 0.25) is 0 Å². The van der Waals surface area contributed by atoms with Crippen LogP contribution in [0, 0.1) is 12.7 Å². The minimum atomic E-state index is -0.259. The quantitative estimate of drug-likeness (QED) is 0.598. The summed E-state index contributed by atoms with van der Waals surface area (Å²) in [7, 11) is 0. The molecule has 1 rings (SSSR count). The highest BCUT2D eigenvalue weighted by molar-refractivity contribution is 6.32. The monoisotopic (exact) mass is 192 g/mol. The average molecular weight is 193 g/mol. The Morgan fingerprint density at radius 1 is 1.45 bits per heavy atom. The molecule has 60 valence electrons. The molecule has 0 nitrogen and oxygen atoms in total. The number of aryl methyl sites for hydroxylation is 1. The number of hydrogen-bond donors (Lipinski definition) is 0. The molecule has 0 amide bonds. The second-order valence-electron chi connectivity index (χ2n) is 2.33. The van der Waals surface area contributed by atoms with Gasteiger partial charge in [0.1, 0.15) is 5.82 Å². The van der Waals surface area contributed by atoms with E-state index in [4.69, 9.17) is 23.2 Å². The second kappa shape index (κ2) is 3.42. The van der Waals surface area contributed by atoms with Gasteiger partial charge in [-0.2, -0.15) is 0 Å². The van der Waals surface area contributed by atoms with E-state index in [0.717, 1.165) is 0 Å². The lowest BCUT2D eigenvalue weighted by atomic mass is 10.1. The van der Waals surface area contributed by atoms with E-state index in [1.165, 1.54) is 6.07 Å². The first-order valence-corrected chi connectivity index (χ1v) is 4.07. The Kier molecular flexibility index (Phi) is 2.74. The van der Waals surface area contributed by atoms with Crippen molar-refractivity contribution in [3.05, 3.63) is 34.1 Å². The largest absolute Gasteiger partial charge is 0.207 e. The van der Waals surface area contributed by atoms with E-state index in [9.17, 15) is 4.39 Å². The summed E-state index contributed by atoms with van der Waals surface area (Å²) in [6, 6.07) is 2.94. The van der Waals surface area contributed by atoms with Gasteiger partial charge in [0.25, 0.3) is 0 Å². The maximum atomic E-state index is 12.8. The number of hydrogen-bond acceptors (Lipinski definition) is 0. The van der Waals surface area contributed by atoms with Crippen LogP contribution in [-0.4, -0.2) is 0 Å². The zero-order valence-corrected chi connectivity index (χ0v) is 7.51. The van der Waals surface area contributed by atoms with Crippen LogP contribution in [0.25, 0.3) is 0 Å². The molecule has 0 spiro atoms. The molecule has 0 aliphatic rings. The molecule has 0 aliphatic heterocycles. The summed E-state index contributed by atoms with van der Waals surface area (Å²) in [4.78, 5) is 0. The van der Waals surface area contributed by atoms with Crippen molar-refractivity contribution in [3.8, 4) is 0 Å². The molecular weight excluding hydrogens is 186 g/mol. The number of halogens is 3. The summed E-state index contributed by atoms with van der Waals surface area (Å²) in [5, 5.41) is 0.527. The highest BCUT2D eigenvalue weighted by atomic mass is 35.5. The Labute approximate surface area is 74.9 Å². The van der Waals surface area contributed by atoms with Gasteiger partial charge in [0.05, 0.1) is 0 Å². The maximum absolute atomic E-state index is 12.8. The van der Waals surface area contributed by atoms with Crippen LogP contribution < -0.4 is 0 Å². The highest BCUT2D eigenvalue weighted by Crippen LogP contribution is 2.21. The van der Waals surface area contributed by atoms with E-state index < -0.39 is 0 Å². The molecule has 1 aromatic rings. The van der Waals surface area contributed by atoms with E-state index in [-0.39, 0.29) is 11.7 Å². The predicted molar refractivity (Wildman–Crippen MR) is 45.7 cm³/mol. The smallest absolute Gasteiger partial charge is 0.126 e. The fourth-order valence-electron chi connectivity index (χ4n) is 0.790. The number of alkyl halides is 1. The van der Waals surface area contributed by atoms with Crippen LogP contribution in [0.3, 0.4) is 0 Å². The van der Waals surface area contributed by atoms with E-state index in [2.05, 4.69) is 0 Å².